The van der Waals surface area contributed by atoms with Crippen LogP contribution in [0.15, 0.2) is 0 Å². The Bertz CT molecular complexity index is 280. The van der Waals surface area contributed by atoms with Crippen LogP contribution in [0.4, 0.5) is 0 Å². The molecule has 1 aliphatic heterocycles. The molecule has 1 heterocycles. The summed E-state index contributed by atoms with van der Waals surface area (Å²) in [6, 6.07) is 2.61. The molecule has 90 valence electrons. The van der Waals surface area contributed by atoms with Crippen molar-refractivity contribution in [3.8, 4) is 6.07 Å². The smallest absolute Gasteiger partial charge is 0.109 e. The molecule has 2 fully saturated rings. The van der Waals surface area contributed by atoms with Gasteiger partial charge >= 0.3 is 0 Å². The van der Waals surface area contributed by atoms with Gasteiger partial charge < -0.3 is 4.74 Å². The molecule has 0 aromatic heterocycles. The van der Waals surface area contributed by atoms with Crippen LogP contribution in [-0.2, 0) is 4.74 Å². The topological polar surface area (TPSA) is 36.3 Å². The zero-order chi connectivity index (χ0) is 11.6. The summed E-state index contributed by atoms with van der Waals surface area (Å²) in [5, 5.41) is 9.57. The van der Waals surface area contributed by atoms with Crippen LogP contribution >= 0.6 is 0 Å². The number of morpholine rings is 1. The van der Waals surface area contributed by atoms with Gasteiger partial charge in [-0.3, -0.25) is 4.90 Å². The van der Waals surface area contributed by atoms with E-state index < -0.39 is 0 Å². The lowest BCUT2D eigenvalue weighted by atomic mass is 9.71. The Kier molecular flexibility index (Phi) is 3.51. The number of nitriles is 1. The molecule has 0 bridgehead atoms. The van der Waals surface area contributed by atoms with Gasteiger partial charge in [0.1, 0.15) is 5.54 Å². The van der Waals surface area contributed by atoms with Crippen molar-refractivity contribution in [1.29, 1.82) is 5.26 Å². The van der Waals surface area contributed by atoms with E-state index in [0.717, 1.165) is 45.1 Å². The van der Waals surface area contributed by atoms with Crippen LogP contribution in [0.5, 0.6) is 0 Å². The third-order valence-electron chi connectivity index (χ3n) is 4.47. The molecule has 0 N–H and O–H groups in total. The summed E-state index contributed by atoms with van der Waals surface area (Å²) in [6.45, 7) is 8.02. The quantitative estimate of drug-likeness (QED) is 0.681. The van der Waals surface area contributed by atoms with E-state index in [9.17, 15) is 5.26 Å². The third kappa shape index (κ3) is 2.09. The molecule has 3 nitrogen and oxygen atoms in total. The minimum atomic E-state index is -0.199. The Morgan fingerprint density at radius 2 is 1.94 bits per heavy atom. The molecule has 1 saturated heterocycles. The predicted molar refractivity (Wildman–Crippen MR) is 62.9 cm³/mol. The first kappa shape index (κ1) is 11.9. The van der Waals surface area contributed by atoms with Gasteiger partial charge in [0, 0.05) is 13.1 Å². The second-order valence-corrected chi connectivity index (χ2v) is 5.44. The van der Waals surface area contributed by atoms with E-state index in [1.165, 1.54) is 6.42 Å². The van der Waals surface area contributed by atoms with E-state index in [-0.39, 0.29) is 5.54 Å². The van der Waals surface area contributed by atoms with Crippen molar-refractivity contribution in [2.24, 2.45) is 11.8 Å². The lowest BCUT2D eigenvalue weighted by molar-refractivity contribution is -0.0276. The number of ether oxygens (including phenoxy) is 1. The van der Waals surface area contributed by atoms with Gasteiger partial charge in [0.05, 0.1) is 19.3 Å². The number of hydrogen-bond donors (Lipinski definition) is 0. The maximum Gasteiger partial charge on any atom is 0.109 e. The minimum Gasteiger partial charge on any atom is -0.379 e. The molecule has 1 saturated carbocycles. The van der Waals surface area contributed by atoms with E-state index in [2.05, 4.69) is 24.8 Å². The first-order chi connectivity index (χ1) is 7.68. The summed E-state index contributed by atoms with van der Waals surface area (Å²) in [5.41, 5.74) is -0.199. The Labute approximate surface area is 98.4 Å². The summed E-state index contributed by atoms with van der Waals surface area (Å²) < 4.78 is 5.38. The van der Waals surface area contributed by atoms with E-state index in [1.807, 2.05) is 0 Å². The molecular weight excluding hydrogens is 200 g/mol. The molecule has 3 heteroatoms. The van der Waals surface area contributed by atoms with Crippen LogP contribution in [0.1, 0.15) is 33.1 Å². The Hall–Kier alpha value is -0.590. The normalized spacial score (nSPS) is 41.6. The third-order valence-corrected chi connectivity index (χ3v) is 4.47. The lowest BCUT2D eigenvalue weighted by Gasteiger charge is -2.46. The minimum absolute atomic E-state index is 0.199. The highest BCUT2D eigenvalue weighted by Gasteiger charge is 2.42. The van der Waals surface area contributed by atoms with Crippen molar-refractivity contribution in [1.82, 2.24) is 4.90 Å². The van der Waals surface area contributed by atoms with E-state index in [4.69, 9.17) is 4.74 Å². The van der Waals surface area contributed by atoms with Crippen LogP contribution in [-0.4, -0.2) is 36.7 Å². The van der Waals surface area contributed by atoms with Gasteiger partial charge in [0.25, 0.3) is 0 Å². The molecule has 2 aliphatic rings. The lowest BCUT2D eigenvalue weighted by Crippen LogP contribution is -2.55. The predicted octanol–water partition coefficient (Wildman–Crippen LogP) is 2.04. The van der Waals surface area contributed by atoms with Gasteiger partial charge in [-0.15, -0.1) is 0 Å². The van der Waals surface area contributed by atoms with Crippen molar-refractivity contribution in [2.45, 2.75) is 38.6 Å². The SMILES string of the molecule is CC1CCC(C#N)(N2CCOCC2)CC1C. The molecular formula is C13H22N2O. The van der Waals surface area contributed by atoms with Crippen LogP contribution in [0, 0.1) is 23.2 Å². The van der Waals surface area contributed by atoms with Gasteiger partial charge in [-0.2, -0.15) is 5.26 Å². The molecule has 0 aromatic rings. The Balaban J connectivity index is 2.10. The van der Waals surface area contributed by atoms with Crippen LogP contribution in [0.3, 0.4) is 0 Å². The summed E-state index contributed by atoms with van der Waals surface area (Å²) in [5.74, 6) is 1.43. The van der Waals surface area contributed by atoms with Gasteiger partial charge in [-0.25, -0.2) is 0 Å². The standard InChI is InChI=1S/C13H22N2O/c1-11-3-4-13(10-14,9-12(11)2)15-5-7-16-8-6-15/h11-12H,3-9H2,1-2H3. The fourth-order valence-electron chi connectivity index (χ4n) is 3.04. The maximum atomic E-state index is 9.57. The molecule has 3 atom stereocenters. The highest BCUT2D eigenvalue weighted by atomic mass is 16.5. The van der Waals surface area contributed by atoms with Crippen LogP contribution < -0.4 is 0 Å². The Morgan fingerprint density at radius 1 is 1.25 bits per heavy atom. The highest BCUT2D eigenvalue weighted by Crippen LogP contribution is 2.39. The van der Waals surface area contributed by atoms with E-state index >= 15 is 0 Å². The van der Waals surface area contributed by atoms with Crippen molar-refractivity contribution in [3.05, 3.63) is 0 Å². The first-order valence-electron chi connectivity index (χ1n) is 6.42. The fraction of sp³-hybridized carbons (Fsp3) is 0.923. The van der Waals surface area contributed by atoms with Crippen molar-refractivity contribution >= 4 is 0 Å². The molecule has 1 aliphatic carbocycles. The molecule has 16 heavy (non-hydrogen) atoms. The second kappa shape index (κ2) is 4.73. The van der Waals surface area contributed by atoms with Gasteiger partial charge in [-0.05, 0) is 31.1 Å². The van der Waals surface area contributed by atoms with Gasteiger partial charge in [0.15, 0.2) is 0 Å². The average Bonchev–Trinajstić information content (AvgIpc) is 2.34. The highest BCUT2D eigenvalue weighted by molar-refractivity contribution is 5.11. The van der Waals surface area contributed by atoms with Crippen LogP contribution in [0.2, 0.25) is 0 Å². The fourth-order valence-corrected chi connectivity index (χ4v) is 3.04. The summed E-state index contributed by atoms with van der Waals surface area (Å²) in [6.07, 6.45) is 3.26. The molecule has 0 radical (unpaired) electrons. The first-order valence-corrected chi connectivity index (χ1v) is 6.42. The summed E-state index contributed by atoms with van der Waals surface area (Å²) in [7, 11) is 0. The number of hydrogen-bond acceptors (Lipinski definition) is 3. The zero-order valence-electron chi connectivity index (χ0n) is 10.4. The molecule has 0 aromatic carbocycles. The second-order valence-electron chi connectivity index (χ2n) is 5.44. The van der Waals surface area contributed by atoms with Crippen molar-refractivity contribution in [3.63, 3.8) is 0 Å². The molecule has 0 spiro atoms. The molecule has 2 rings (SSSR count). The number of nitrogens with zero attached hydrogens (tertiary/aromatic N) is 2. The zero-order valence-corrected chi connectivity index (χ0v) is 10.4. The molecule has 3 unspecified atom stereocenters. The van der Waals surface area contributed by atoms with Crippen LogP contribution in [0.25, 0.3) is 0 Å². The van der Waals surface area contributed by atoms with Crippen molar-refractivity contribution < 1.29 is 4.74 Å². The van der Waals surface area contributed by atoms with Crippen molar-refractivity contribution in [2.75, 3.05) is 26.3 Å². The molecule has 0 amide bonds. The monoisotopic (exact) mass is 222 g/mol. The van der Waals surface area contributed by atoms with E-state index in [0.29, 0.717) is 5.92 Å². The largest absolute Gasteiger partial charge is 0.379 e. The maximum absolute atomic E-state index is 9.57. The van der Waals surface area contributed by atoms with Gasteiger partial charge in [-0.1, -0.05) is 13.8 Å². The summed E-state index contributed by atoms with van der Waals surface area (Å²) >= 11 is 0. The number of rotatable bonds is 1. The van der Waals surface area contributed by atoms with Gasteiger partial charge in [0.2, 0.25) is 0 Å². The average molecular weight is 222 g/mol. The van der Waals surface area contributed by atoms with E-state index in [1.54, 1.807) is 0 Å². The summed E-state index contributed by atoms with van der Waals surface area (Å²) in [4.78, 5) is 2.36. The Morgan fingerprint density at radius 3 is 2.50 bits per heavy atom.